The smallest absolute Gasteiger partial charge is 0.163 e. The highest BCUT2D eigenvalue weighted by atomic mass is 16.3. The molecule has 2 rings (SSSR count). The van der Waals surface area contributed by atoms with Crippen LogP contribution in [-0.4, -0.2) is 28.7 Å². The minimum absolute atomic E-state index is 0.0656. The summed E-state index contributed by atoms with van der Waals surface area (Å²) >= 11 is 0. The molecule has 0 atom stereocenters. The SMILES string of the molecule is O=CCCC(=O)CCC(=O)CCC(=O)c1ccc(O)c2ccccc12. The molecule has 5 heteroatoms. The van der Waals surface area contributed by atoms with Crippen molar-refractivity contribution in [2.24, 2.45) is 0 Å². The first kappa shape index (κ1) is 18.5. The lowest BCUT2D eigenvalue weighted by Gasteiger charge is -2.07. The van der Waals surface area contributed by atoms with E-state index in [4.69, 9.17) is 0 Å². The second-order valence-corrected chi connectivity index (χ2v) is 5.88. The summed E-state index contributed by atoms with van der Waals surface area (Å²) in [6.07, 6.45) is 1.38. The number of carbonyl (C=O) groups is 4. The maximum absolute atomic E-state index is 12.4. The topological polar surface area (TPSA) is 88.5 Å². The molecule has 5 nitrogen and oxygen atoms in total. The molecule has 0 unspecified atom stereocenters. The molecule has 0 saturated carbocycles. The fourth-order valence-corrected chi connectivity index (χ4v) is 2.66. The molecule has 0 spiro atoms. The van der Waals surface area contributed by atoms with E-state index < -0.39 is 0 Å². The number of carbonyl (C=O) groups excluding carboxylic acids is 4. The average molecular weight is 340 g/mol. The molecule has 2 aromatic rings. The molecule has 2 aromatic carbocycles. The third-order valence-electron chi connectivity index (χ3n) is 4.06. The number of hydrogen-bond donors (Lipinski definition) is 1. The third kappa shape index (κ3) is 5.08. The summed E-state index contributed by atoms with van der Waals surface area (Å²) in [5, 5.41) is 11.1. The van der Waals surface area contributed by atoms with Crippen LogP contribution in [0.4, 0.5) is 0 Å². The number of phenolic OH excluding ortho intramolecular Hbond substituents is 1. The molecule has 0 bridgehead atoms. The Balaban J connectivity index is 1.93. The van der Waals surface area contributed by atoms with Crippen LogP contribution in [0.5, 0.6) is 5.75 Å². The molecular weight excluding hydrogens is 320 g/mol. The van der Waals surface area contributed by atoms with Gasteiger partial charge in [-0.15, -0.1) is 0 Å². The van der Waals surface area contributed by atoms with E-state index in [-0.39, 0.29) is 61.6 Å². The van der Waals surface area contributed by atoms with Gasteiger partial charge in [0.15, 0.2) is 5.78 Å². The Morgan fingerprint density at radius 1 is 0.800 bits per heavy atom. The second-order valence-electron chi connectivity index (χ2n) is 5.88. The van der Waals surface area contributed by atoms with Gasteiger partial charge >= 0.3 is 0 Å². The van der Waals surface area contributed by atoms with E-state index in [1.54, 1.807) is 30.3 Å². The molecule has 0 radical (unpaired) electrons. The summed E-state index contributed by atoms with van der Waals surface area (Å²) in [4.78, 5) is 45.9. The van der Waals surface area contributed by atoms with E-state index in [1.165, 1.54) is 6.07 Å². The maximum atomic E-state index is 12.4. The first-order chi connectivity index (χ1) is 12.0. The average Bonchev–Trinajstić information content (AvgIpc) is 2.63. The molecule has 1 N–H and O–H groups in total. The van der Waals surface area contributed by atoms with Crippen molar-refractivity contribution in [2.75, 3.05) is 0 Å². The van der Waals surface area contributed by atoms with Crippen LogP contribution in [0.2, 0.25) is 0 Å². The van der Waals surface area contributed by atoms with E-state index in [1.807, 2.05) is 0 Å². The van der Waals surface area contributed by atoms with E-state index in [0.717, 1.165) is 0 Å². The number of hydrogen-bond acceptors (Lipinski definition) is 5. The van der Waals surface area contributed by atoms with E-state index in [9.17, 15) is 24.3 Å². The van der Waals surface area contributed by atoms with E-state index in [0.29, 0.717) is 22.6 Å². The number of ketones is 3. The minimum Gasteiger partial charge on any atom is -0.507 e. The lowest BCUT2D eigenvalue weighted by molar-refractivity contribution is -0.124. The zero-order valence-electron chi connectivity index (χ0n) is 13.9. The summed E-state index contributed by atoms with van der Waals surface area (Å²) in [5.74, 6) is -0.318. The van der Waals surface area contributed by atoms with Crippen molar-refractivity contribution in [1.29, 1.82) is 0 Å². The number of benzene rings is 2. The van der Waals surface area contributed by atoms with Crippen molar-refractivity contribution >= 4 is 34.4 Å². The largest absolute Gasteiger partial charge is 0.507 e. The van der Waals surface area contributed by atoms with Gasteiger partial charge in [-0.05, 0) is 17.5 Å². The van der Waals surface area contributed by atoms with E-state index >= 15 is 0 Å². The van der Waals surface area contributed by atoms with Crippen LogP contribution in [0, 0.1) is 0 Å². The molecule has 0 aliphatic rings. The fraction of sp³-hybridized carbons (Fsp3) is 0.300. The standard InChI is InChI=1S/C20H20O5/c21-13-3-4-14(22)7-8-15(23)9-11-19(24)18-10-12-20(25)17-6-2-1-5-16(17)18/h1-2,5-6,10,12-13,25H,3-4,7-9,11H2. The first-order valence-electron chi connectivity index (χ1n) is 8.24. The van der Waals surface area contributed by atoms with Crippen LogP contribution in [-0.2, 0) is 14.4 Å². The Morgan fingerprint density at radius 3 is 2.08 bits per heavy atom. The molecule has 0 amide bonds. The lowest BCUT2D eigenvalue weighted by Crippen LogP contribution is -2.08. The summed E-state index contributed by atoms with van der Waals surface area (Å²) in [6, 6.07) is 10.1. The Bertz CT molecular complexity index is 807. The number of phenols is 1. The Kier molecular flexibility index (Phi) is 6.57. The number of fused-ring (bicyclic) bond motifs is 1. The van der Waals surface area contributed by atoms with Gasteiger partial charge in [0.1, 0.15) is 23.6 Å². The monoisotopic (exact) mass is 340 g/mol. The number of Topliss-reactive ketones (excluding diaryl/α,β-unsaturated/α-hetero) is 3. The van der Waals surface area contributed by atoms with Crippen LogP contribution in [0.15, 0.2) is 36.4 Å². The maximum Gasteiger partial charge on any atom is 0.163 e. The van der Waals surface area contributed by atoms with Crippen LogP contribution >= 0.6 is 0 Å². The van der Waals surface area contributed by atoms with Gasteiger partial charge in [0, 0.05) is 49.5 Å². The van der Waals surface area contributed by atoms with E-state index in [2.05, 4.69) is 0 Å². The summed E-state index contributed by atoms with van der Waals surface area (Å²) in [7, 11) is 0. The van der Waals surface area contributed by atoms with Crippen LogP contribution < -0.4 is 0 Å². The number of aldehydes is 1. The Hall–Kier alpha value is -2.82. The van der Waals surface area contributed by atoms with Gasteiger partial charge in [0.25, 0.3) is 0 Å². The highest BCUT2D eigenvalue weighted by molar-refractivity contribution is 6.10. The molecule has 0 aromatic heterocycles. The van der Waals surface area contributed by atoms with Gasteiger partial charge in [0.05, 0.1) is 0 Å². The Morgan fingerprint density at radius 2 is 1.40 bits per heavy atom. The zero-order valence-corrected chi connectivity index (χ0v) is 13.9. The normalized spacial score (nSPS) is 10.6. The highest BCUT2D eigenvalue weighted by Crippen LogP contribution is 2.28. The molecule has 0 aliphatic carbocycles. The quantitative estimate of drug-likeness (QED) is 0.529. The van der Waals surface area contributed by atoms with Crippen molar-refractivity contribution < 1.29 is 24.3 Å². The molecule has 25 heavy (non-hydrogen) atoms. The fourth-order valence-electron chi connectivity index (χ4n) is 2.66. The van der Waals surface area contributed by atoms with Gasteiger partial charge in [-0.1, -0.05) is 24.3 Å². The van der Waals surface area contributed by atoms with Gasteiger partial charge in [-0.3, -0.25) is 14.4 Å². The highest BCUT2D eigenvalue weighted by Gasteiger charge is 2.14. The summed E-state index contributed by atoms with van der Waals surface area (Å²) in [6.45, 7) is 0. The van der Waals surface area contributed by atoms with Crippen LogP contribution in [0.25, 0.3) is 10.8 Å². The summed E-state index contributed by atoms with van der Waals surface area (Å²) in [5.41, 5.74) is 0.475. The molecule has 0 heterocycles. The molecule has 0 fully saturated rings. The first-order valence-corrected chi connectivity index (χ1v) is 8.24. The zero-order chi connectivity index (χ0) is 18.2. The third-order valence-corrected chi connectivity index (χ3v) is 4.06. The van der Waals surface area contributed by atoms with Crippen molar-refractivity contribution in [1.82, 2.24) is 0 Å². The van der Waals surface area contributed by atoms with Crippen LogP contribution in [0.3, 0.4) is 0 Å². The van der Waals surface area contributed by atoms with Gasteiger partial charge < -0.3 is 9.90 Å². The second kappa shape index (κ2) is 8.87. The lowest BCUT2D eigenvalue weighted by atomic mass is 9.97. The van der Waals surface area contributed by atoms with Crippen LogP contribution in [0.1, 0.15) is 48.9 Å². The molecule has 0 aliphatic heterocycles. The Labute approximate surface area is 145 Å². The number of rotatable bonds is 10. The minimum atomic E-state index is -0.170. The summed E-state index contributed by atoms with van der Waals surface area (Å²) < 4.78 is 0. The molecule has 130 valence electrons. The van der Waals surface area contributed by atoms with Gasteiger partial charge in [-0.25, -0.2) is 0 Å². The molecular formula is C20H20O5. The number of aromatic hydroxyl groups is 1. The predicted octanol–water partition coefficient (Wildman–Crippen LogP) is 3.41. The van der Waals surface area contributed by atoms with Crippen molar-refractivity contribution in [3.63, 3.8) is 0 Å². The molecule has 0 saturated heterocycles. The van der Waals surface area contributed by atoms with Crippen molar-refractivity contribution in [2.45, 2.75) is 38.5 Å². The van der Waals surface area contributed by atoms with Crippen molar-refractivity contribution in [3.05, 3.63) is 42.0 Å². The predicted molar refractivity (Wildman–Crippen MR) is 93.7 cm³/mol. The van der Waals surface area contributed by atoms with Gasteiger partial charge in [0.2, 0.25) is 0 Å². The van der Waals surface area contributed by atoms with Crippen molar-refractivity contribution in [3.8, 4) is 5.75 Å². The van der Waals surface area contributed by atoms with Gasteiger partial charge in [-0.2, -0.15) is 0 Å².